The van der Waals surface area contributed by atoms with Gasteiger partial charge >= 0.3 is 0 Å². The zero-order valence-electron chi connectivity index (χ0n) is 12.6. The molecule has 0 N–H and O–H groups in total. The monoisotopic (exact) mass is 316 g/mol. The number of fused-ring (bicyclic) bond motifs is 1. The molecule has 1 spiro atoms. The fourth-order valence-corrected chi connectivity index (χ4v) is 4.53. The summed E-state index contributed by atoms with van der Waals surface area (Å²) in [5.74, 6) is 0.242. The van der Waals surface area contributed by atoms with Gasteiger partial charge in [0.2, 0.25) is 5.91 Å². The van der Waals surface area contributed by atoms with Crippen LogP contribution in [0.2, 0.25) is 0 Å². The minimum absolute atomic E-state index is 0.0298. The maximum atomic E-state index is 12.4. The van der Waals surface area contributed by atoms with Crippen LogP contribution in [0.3, 0.4) is 0 Å². The number of likely N-dealkylation sites (tertiary alicyclic amines) is 1. The Kier molecular flexibility index (Phi) is 3.62. The van der Waals surface area contributed by atoms with Crippen LogP contribution in [0.15, 0.2) is 24.3 Å². The Morgan fingerprint density at radius 3 is 3.00 bits per heavy atom. The van der Waals surface area contributed by atoms with Crippen molar-refractivity contribution in [3.05, 3.63) is 29.3 Å². The lowest BCUT2D eigenvalue weighted by Gasteiger charge is -2.26. The number of aromatic nitrogens is 1. The lowest BCUT2D eigenvalue weighted by Crippen LogP contribution is -2.32. The molecule has 5 heteroatoms. The van der Waals surface area contributed by atoms with E-state index in [1.54, 1.807) is 11.3 Å². The van der Waals surface area contributed by atoms with Gasteiger partial charge in [-0.15, -0.1) is 11.3 Å². The molecule has 1 atom stereocenters. The average molecular weight is 316 g/mol. The Labute approximate surface area is 134 Å². The van der Waals surface area contributed by atoms with Gasteiger partial charge in [-0.05, 0) is 37.8 Å². The molecule has 1 aromatic heterocycles. The van der Waals surface area contributed by atoms with E-state index in [-0.39, 0.29) is 11.5 Å². The molecular weight excluding hydrogens is 296 g/mol. The van der Waals surface area contributed by atoms with E-state index < -0.39 is 0 Å². The van der Waals surface area contributed by atoms with Crippen molar-refractivity contribution in [1.82, 2.24) is 9.88 Å². The SMILES string of the molecule is O=C1CC[C@@]2(CCCO2)CCN1Cc1nc2ccccc2s1. The summed E-state index contributed by atoms with van der Waals surface area (Å²) in [6.07, 6.45) is 4.68. The normalized spacial score (nSPS) is 26.0. The third kappa shape index (κ3) is 2.63. The van der Waals surface area contributed by atoms with Crippen LogP contribution in [0.1, 0.15) is 37.1 Å². The standard InChI is InChI=1S/C17H20N2O2S/c20-16-6-8-17(7-3-11-21-17)9-10-19(16)12-15-18-13-4-1-2-5-14(13)22-15/h1-2,4-5H,3,6-12H2/t17-/m0/s1. The fraction of sp³-hybridized carbons (Fsp3) is 0.529. The van der Waals surface area contributed by atoms with Gasteiger partial charge in [-0.2, -0.15) is 0 Å². The summed E-state index contributed by atoms with van der Waals surface area (Å²) in [7, 11) is 0. The van der Waals surface area contributed by atoms with Crippen molar-refractivity contribution < 1.29 is 9.53 Å². The van der Waals surface area contributed by atoms with Gasteiger partial charge in [-0.25, -0.2) is 4.98 Å². The zero-order valence-corrected chi connectivity index (χ0v) is 13.4. The van der Waals surface area contributed by atoms with Crippen molar-refractivity contribution in [1.29, 1.82) is 0 Å². The molecule has 4 rings (SSSR count). The third-order valence-corrected chi connectivity index (χ3v) is 5.85. The van der Waals surface area contributed by atoms with Crippen molar-refractivity contribution in [3.63, 3.8) is 0 Å². The molecule has 3 heterocycles. The quantitative estimate of drug-likeness (QED) is 0.853. The summed E-state index contributed by atoms with van der Waals surface area (Å²) in [5, 5.41) is 1.03. The van der Waals surface area contributed by atoms with E-state index in [1.165, 1.54) is 4.70 Å². The number of carbonyl (C=O) groups excluding carboxylic acids is 1. The van der Waals surface area contributed by atoms with Gasteiger partial charge in [0.25, 0.3) is 0 Å². The molecule has 2 saturated heterocycles. The van der Waals surface area contributed by atoms with E-state index in [0.717, 1.165) is 49.4 Å². The van der Waals surface area contributed by atoms with Crippen LogP contribution < -0.4 is 0 Å². The first-order valence-corrected chi connectivity index (χ1v) is 8.82. The number of thiazole rings is 1. The van der Waals surface area contributed by atoms with Crippen LogP contribution in [-0.4, -0.2) is 34.5 Å². The molecule has 0 radical (unpaired) electrons. The van der Waals surface area contributed by atoms with Crippen LogP contribution in [0, 0.1) is 0 Å². The second kappa shape index (κ2) is 5.63. The molecule has 0 aliphatic carbocycles. The summed E-state index contributed by atoms with van der Waals surface area (Å²) in [6, 6.07) is 8.15. The first-order valence-electron chi connectivity index (χ1n) is 8.00. The molecule has 1 amide bonds. The number of rotatable bonds is 2. The van der Waals surface area contributed by atoms with E-state index in [2.05, 4.69) is 11.1 Å². The molecule has 22 heavy (non-hydrogen) atoms. The van der Waals surface area contributed by atoms with Crippen LogP contribution in [-0.2, 0) is 16.1 Å². The Morgan fingerprint density at radius 2 is 2.18 bits per heavy atom. The fourth-order valence-electron chi connectivity index (χ4n) is 3.55. The summed E-state index contributed by atoms with van der Waals surface area (Å²) >= 11 is 1.69. The summed E-state index contributed by atoms with van der Waals surface area (Å²) in [5.41, 5.74) is 0.998. The minimum atomic E-state index is -0.0298. The van der Waals surface area contributed by atoms with Crippen molar-refractivity contribution in [3.8, 4) is 0 Å². The first kappa shape index (κ1) is 14.2. The summed E-state index contributed by atoms with van der Waals surface area (Å²) in [4.78, 5) is 19.0. The predicted molar refractivity (Wildman–Crippen MR) is 86.8 cm³/mol. The summed E-state index contributed by atoms with van der Waals surface area (Å²) in [6.45, 7) is 2.27. The van der Waals surface area contributed by atoms with E-state index in [1.807, 2.05) is 23.1 Å². The maximum absolute atomic E-state index is 12.4. The molecule has 4 nitrogen and oxygen atoms in total. The second-order valence-electron chi connectivity index (χ2n) is 6.28. The maximum Gasteiger partial charge on any atom is 0.223 e. The van der Waals surface area contributed by atoms with E-state index in [4.69, 9.17) is 4.74 Å². The largest absolute Gasteiger partial charge is 0.375 e. The molecule has 0 saturated carbocycles. The van der Waals surface area contributed by atoms with Crippen LogP contribution in [0.25, 0.3) is 10.2 Å². The van der Waals surface area contributed by atoms with Crippen molar-refractivity contribution in [2.75, 3.05) is 13.2 Å². The lowest BCUT2D eigenvalue weighted by molar-refractivity contribution is -0.131. The number of hydrogen-bond donors (Lipinski definition) is 0. The van der Waals surface area contributed by atoms with Crippen molar-refractivity contribution >= 4 is 27.5 Å². The van der Waals surface area contributed by atoms with Gasteiger partial charge in [0, 0.05) is 19.6 Å². The molecule has 2 aliphatic rings. The first-order chi connectivity index (χ1) is 10.7. The van der Waals surface area contributed by atoms with Gasteiger partial charge in [-0.3, -0.25) is 4.79 Å². The molecule has 2 aliphatic heterocycles. The van der Waals surface area contributed by atoms with E-state index in [9.17, 15) is 4.79 Å². The molecule has 2 fully saturated rings. The van der Waals surface area contributed by atoms with Gasteiger partial charge in [0.05, 0.1) is 22.4 Å². The van der Waals surface area contributed by atoms with Crippen LogP contribution >= 0.6 is 11.3 Å². The predicted octanol–water partition coefficient (Wildman–Crippen LogP) is 3.36. The number of hydrogen-bond acceptors (Lipinski definition) is 4. The second-order valence-corrected chi connectivity index (χ2v) is 7.39. The number of nitrogens with zero attached hydrogens (tertiary/aromatic N) is 2. The Morgan fingerprint density at radius 1 is 1.27 bits per heavy atom. The summed E-state index contributed by atoms with van der Waals surface area (Å²) < 4.78 is 7.15. The van der Waals surface area contributed by atoms with Crippen molar-refractivity contribution in [2.45, 2.75) is 44.2 Å². The zero-order chi connectivity index (χ0) is 15.0. The smallest absolute Gasteiger partial charge is 0.223 e. The Balaban J connectivity index is 1.50. The van der Waals surface area contributed by atoms with Gasteiger partial charge in [0.15, 0.2) is 0 Å². The Bertz CT molecular complexity index is 658. The highest BCUT2D eigenvalue weighted by Crippen LogP contribution is 2.36. The van der Waals surface area contributed by atoms with Crippen LogP contribution in [0.4, 0.5) is 0 Å². The third-order valence-electron chi connectivity index (χ3n) is 4.83. The highest BCUT2D eigenvalue weighted by atomic mass is 32.1. The Hall–Kier alpha value is -1.46. The number of carbonyl (C=O) groups is 1. The van der Waals surface area contributed by atoms with E-state index >= 15 is 0 Å². The topological polar surface area (TPSA) is 42.4 Å². The lowest BCUT2D eigenvalue weighted by atomic mass is 9.92. The minimum Gasteiger partial charge on any atom is -0.375 e. The molecule has 1 aromatic carbocycles. The molecule has 116 valence electrons. The van der Waals surface area contributed by atoms with Crippen molar-refractivity contribution in [2.24, 2.45) is 0 Å². The average Bonchev–Trinajstić information content (AvgIpc) is 3.12. The molecule has 2 aromatic rings. The number of para-hydroxylation sites is 1. The van der Waals surface area contributed by atoms with E-state index in [0.29, 0.717) is 13.0 Å². The van der Waals surface area contributed by atoms with Gasteiger partial charge < -0.3 is 9.64 Å². The van der Waals surface area contributed by atoms with Gasteiger partial charge in [0.1, 0.15) is 5.01 Å². The highest BCUT2D eigenvalue weighted by Gasteiger charge is 2.38. The molecule has 0 unspecified atom stereocenters. The number of amides is 1. The molecular formula is C17H20N2O2S. The van der Waals surface area contributed by atoms with Gasteiger partial charge in [-0.1, -0.05) is 12.1 Å². The van der Waals surface area contributed by atoms with Crippen LogP contribution in [0.5, 0.6) is 0 Å². The number of ether oxygens (including phenoxy) is 1. The highest BCUT2D eigenvalue weighted by molar-refractivity contribution is 7.18. The number of benzene rings is 1. The molecule has 0 bridgehead atoms.